The highest BCUT2D eigenvalue weighted by Crippen LogP contribution is 2.35. The maximum absolute atomic E-state index is 14.9. The molecule has 0 aromatic heterocycles. The van der Waals surface area contributed by atoms with E-state index in [2.05, 4.69) is 0 Å². The highest BCUT2D eigenvalue weighted by atomic mass is 19.2. The zero-order valence-electron chi connectivity index (χ0n) is 18.6. The van der Waals surface area contributed by atoms with Gasteiger partial charge in [0.25, 0.3) is 0 Å². The van der Waals surface area contributed by atoms with Gasteiger partial charge < -0.3 is 0 Å². The highest BCUT2D eigenvalue weighted by Gasteiger charge is 2.23. The summed E-state index contributed by atoms with van der Waals surface area (Å²) in [5.41, 5.74) is 0.195. The number of aryl methyl sites for hydroxylation is 2. The van der Waals surface area contributed by atoms with Crippen molar-refractivity contribution in [1.29, 1.82) is 0 Å². The van der Waals surface area contributed by atoms with E-state index in [4.69, 9.17) is 0 Å². The van der Waals surface area contributed by atoms with E-state index in [0.29, 0.717) is 12.8 Å². The molecule has 0 atom stereocenters. The van der Waals surface area contributed by atoms with E-state index in [1.165, 1.54) is 24.3 Å². The second-order valence-electron chi connectivity index (χ2n) is 7.73. The molecular formula is C28H25F5. The second kappa shape index (κ2) is 11.1. The van der Waals surface area contributed by atoms with Gasteiger partial charge >= 0.3 is 0 Å². The Kier molecular flexibility index (Phi) is 8.21. The fourth-order valence-electron chi connectivity index (χ4n) is 3.66. The van der Waals surface area contributed by atoms with Crippen LogP contribution in [0.5, 0.6) is 0 Å². The van der Waals surface area contributed by atoms with Crippen molar-refractivity contribution in [2.45, 2.75) is 39.5 Å². The predicted molar refractivity (Wildman–Crippen MR) is 126 cm³/mol. The zero-order chi connectivity index (χ0) is 24.0. The molecule has 0 N–H and O–H groups in total. The Morgan fingerprint density at radius 2 is 1.36 bits per heavy atom. The Hall–Kier alpha value is -3.21. The van der Waals surface area contributed by atoms with E-state index >= 15 is 0 Å². The minimum absolute atomic E-state index is 0.0431. The Morgan fingerprint density at radius 3 is 2.00 bits per heavy atom. The molecular weight excluding hydrogens is 431 g/mol. The fourth-order valence-corrected chi connectivity index (χ4v) is 3.66. The highest BCUT2D eigenvalue weighted by molar-refractivity contribution is 5.91. The molecule has 33 heavy (non-hydrogen) atoms. The molecule has 3 rings (SSSR count). The van der Waals surface area contributed by atoms with Gasteiger partial charge in [0.15, 0.2) is 23.3 Å². The van der Waals surface area contributed by atoms with Crippen molar-refractivity contribution in [3.05, 3.63) is 106 Å². The van der Waals surface area contributed by atoms with Crippen LogP contribution in [0, 0.1) is 17.5 Å². The van der Waals surface area contributed by atoms with E-state index < -0.39 is 40.1 Å². The predicted octanol–water partition coefficient (Wildman–Crippen LogP) is 9.04. The maximum atomic E-state index is 14.9. The molecule has 0 fully saturated rings. The lowest BCUT2D eigenvalue weighted by atomic mass is 9.98. The lowest BCUT2D eigenvalue weighted by Gasteiger charge is -2.11. The summed E-state index contributed by atoms with van der Waals surface area (Å²) in [4.78, 5) is 0. The molecule has 0 aliphatic heterocycles. The summed E-state index contributed by atoms with van der Waals surface area (Å²) >= 11 is 0. The van der Waals surface area contributed by atoms with Crippen LogP contribution in [0.3, 0.4) is 0 Å². The topological polar surface area (TPSA) is 0 Å². The van der Waals surface area contributed by atoms with Crippen LogP contribution in [-0.4, -0.2) is 0 Å². The smallest absolute Gasteiger partial charge is 0.170 e. The van der Waals surface area contributed by atoms with Gasteiger partial charge in [-0.05, 0) is 62.1 Å². The van der Waals surface area contributed by atoms with Crippen LogP contribution in [-0.2, 0) is 12.8 Å². The minimum Gasteiger partial charge on any atom is -0.206 e. The van der Waals surface area contributed by atoms with Crippen molar-refractivity contribution in [1.82, 2.24) is 0 Å². The fraction of sp³-hybridized carbons (Fsp3) is 0.214. The third-order valence-electron chi connectivity index (χ3n) is 5.49. The zero-order valence-corrected chi connectivity index (χ0v) is 18.6. The third-order valence-corrected chi connectivity index (χ3v) is 5.49. The number of benzene rings is 3. The average molecular weight is 456 g/mol. The van der Waals surface area contributed by atoms with Gasteiger partial charge in [-0.2, -0.15) is 0 Å². The SMILES string of the molecule is C/C=C/CCc1ccc(C(F)=C(F)c2cc3ccc(CC/C=C/C)c(F)c3c(F)c2F)cc1. The van der Waals surface area contributed by atoms with Crippen LogP contribution in [0.1, 0.15) is 48.9 Å². The number of halogens is 5. The molecule has 0 heterocycles. The summed E-state index contributed by atoms with van der Waals surface area (Å²) in [5, 5.41) is -0.605. The normalized spacial score (nSPS) is 12.8. The van der Waals surface area contributed by atoms with E-state index in [1.54, 1.807) is 12.1 Å². The molecule has 0 unspecified atom stereocenters. The van der Waals surface area contributed by atoms with Gasteiger partial charge in [-0.25, -0.2) is 22.0 Å². The Bertz CT molecular complexity index is 1220. The first-order valence-corrected chi connectivity index (χ1v) is 10.8. The van der Waals surface area contributed by atoms with Crippen molar-refractivity contribution < 1.29 is 22.0 Å². The molecule has 0 aliphatic carbocycles. The molecule has 0 bridgehead atoms. The summed E-state index contributed by atoms with van der Waals surface area (Å²) in [5.74, 6) is -6.89. The van der Waals surface area contributed by atoms with Crippen LogP contribution in [0.2, 0.25) is 0 Å². The van der Waals surface area contributed by atoms with Crippen molar-refractivity contribution in [2.24, 2.45) is 0 Å². The monoisotopic (exact) mass is 456 g/mol. The van der Waals surface area contributed by atoms with E-state index in [-0.39, 0.29) is 16.5 Å². The van der Waals surface area contributed by atoms with E-state index in [0.717, 1.165) is 24.5 Å². The van der Waals surface area contributed by atoms with Crippen LogP contribution < -0.4 is 0 Å². The summed E-state index contributed by atoms with van der Waals surface area (Å²) in [6, 6.07) is 9.89. The number of hydrogen-bond donors (Lipinski definition) is 0. The van der Waals surface area contributed by atoms with Gasteiger partial charge in [-0.3, -0.25) is 0 Å². The first-order valence-electron chi connectivity index (χ1n) is 10.8. The molecule has 0 radical (unpaired) electrons. The molecule has 0 amide bonds. The molecule has 0 saturated heterocycles. The molecule has 0 aliphatic rings. The van der Waals surface area contributed by atoms with Crippen molar-refractivity contribution in [2.75, 3.05) is 0 Å². The van der Waals surface area contributed by atoms with Crippen molar-refractivity contribution >= 4 is 22.4 Å². The minimum atomic E-state index is -1.62. The lowest BCUT2D eigenvalue weighted by Crippen LogP contribution is -2.00. The van der Waals surface area contributed by atoms with E-state index in [1.807, 2.05) is 38.2 Å². The molecule has 0 spiro atoms. The maximum Gasteiger partial charge on any atom is 0.170 e. The molecule has 3 aromatic carbocycles. The summed E-state index contributed by atoms with van der Waals surface area (Å²) in [6.07, 6.45) is 9.98. The molecule has 3 aromatic rings. The van der Waals surface area contributed by atoms with Gasteiger partial charge in [0.1, 0.15) is 5.82 Å². The van der Waals surface area contributed by atoms with Crippen LogP contribution in [0.15, 0.2) is 66.8 Å². The quantitative estimate of drug-likeness (QED) is 0.180. The van der Waals surface area contributed by atoms with E-state index in [9.17, 15) is 22.0 Å². The number of hydrogen-bond acceptors (Lipinski definition) is 0. The first kappa shape index (κ1) is 24.4. The number of allylic oxidation sites excluding steroid dienone is 4. The van der Waals surface area contributed by atoms with Crippen molar-refractivity contribution in [3.63, 3.8) is 0 Å². The Morgan fingerprint density at radius 1 is 0.727 bits per heavy atom. The van der Waals surface area contributed by atoms with Gasteiger partial charge in [0, 0.05) is 5.56 Å². The summed E-state index contributed by atoms with van der Waals surface area (Å²) < 4.78 is 74.0. The lowest BCUT2D eigenvalue weighted by molar-refractivity contribution is 0.505. The van der Waals surface area contributed by atoms with Gasteiger partial charge in [-0.1, -0.05) is 60.7 Å². The number of fused-ring (bicyclic) bond motifs is 1. The molecule has 0 saturated carbocycles. The van der Waals surface area contributed by atoms with Crippen molar-refractivity contribution in [3.8, 4) is 0 Å². The first-order chi connectivity index (χ1) is 15.9. The summed E-state index contributed by atoms with van der Waals surface area (Å²) in [7, 11) is 0. The Labute approximate surface area is 190 Å². The molecule has 172 valence electrons. The van der Waals surface area contributed by atoms with Crippen LogP contribution in [0.4, 0.5) is 22.0 Å². The molecule has 5 heteroatoms. The third kappa shape index (κ3) is 5.41. The van der Waals surface area contributed by atoms with Crippen LogP contribution >= 0.6 is 0 Å². The van der Waals surface area contributed by atoms with Gasteiger partial charge in [0.05, 0.1) is 10.9 Å². The largest absolute Gasteiger partial charge is 0.206 e. The summed E-state index contributed by atoms with van der Waals surface area (Å²) in [6.45, 7) is 3.74. The molecule has 0 nitrogen and oxygen atoms in total. The van der Waals surface area contributed by atoms with Crippen LogP contribution in [0.25, 0.3) is 22.4 Å². The van der Waals surface area contributed by atoms with Gasteiger partial charge in [-0.15, -0.1) is 0 Å². The average Bonchev–Trinajstić information content (AvgIpc) is 2.82. The second-order valence-corrected chi connectivity index (χ2v) is 7.73. The van der Waals surface area contributed by atoms with Gasteiger partial charge in [0.2, 0.25) is 0 Å². The standard InChI is InChI=1S/C28H25F5/c1-3-5-7-9-18-11-13-20(14-12-18)25(30)26(31)22-17-21-16-15-19(10-8-6-4-2)24(29)23(21)28(33)27(22)32/h3-6,11-17H,7-10H2,1-2H3/b5-3+,6-4+,26-25?. The Balaban J connectivity index is 1.99. The number of rotatable bonds is 8.